The lowest BCUT2D eigenvalue weighted by Gasteiger charge is -2.26. The Morgan fingerprint density at radius 3 is 2.25 bits per heavy atom. The molecule has 0 radical (unpaired) electrons. The Morgan fingerprint density at radius 1 is 1.08 bits per heavy atom. The number of hydrogen-bond acceptors (Lipinski definition) is 2. The van der Waals surface area contributed by atoms with Gasteiger partial charge in [-0.05, 0) is 30.9 Å². The molecule has 2 N–H and O–H groups in total. The van der Waals surface area contributed by atoms with E-state index in [1.54, 1.807) is 0 Å². The highest BCUT2D eigenvalue weighted by molar-refractivity contribution is 6.32. The van der Waals surface area contributed by atoms with Crippen molar-refractivity contribution in [3.8, 4) is 0 Å². The van der Waals surface area contributed by atoms with Crippen LogP contribution in [-0.2, 0) is 11.3 Å². The zero-order valence-electron chi connectivity index (χ0n) is 13.8. The minimum atomic E-state index is -0.563. The fourth-order valence-corrected chi connectivity index (χ4v) is 3.35. The van der Waals surface area contributed by atoms with Crippen LogP contribution in [0.4, 0.5) is 0 Å². The summed E-state index contributed by atoms with van der Waals surface area (Å²) < 4.78 is 0. The van der Waals surface area contributed by atoms with Crippen molar-refractivity contribution in [3.05, 3.63) is 71.8 Å². The number of hydrogen-bond donors (Lipinski definition) is 2. The molecule has 1 amide bonds. The number of benzene rings is 2. The van der Waals surface area contributed by atoms with Crippen LogP contribution in [0.1, 0.15) is 36.9 Å². The van der Waals surface area contributed by atoms with Gasteiger partial charge in [0.1, 0.15) is 5.38 Å². The van der Waals surface area contributed by atoms with Crippen molar-refractivity contribution in [2.75, 3.05) is 0 Å². The third-order valence-corrected chi connectivity index (χ3v) is 5.23. The quantitative estimate of drug-likeness (QED) is 0.751. The lowest BCUT2D eigenvalue weighted by Crippen LogP contribution is -2.48. The molecule has 0 aliphatic heterocycles. The van der Waals surface area contributed by atoms with Gasteiger partial charge in [-0.3, -0.25) is 4.79 Å². The van der Waals surface area contributed by atoms with E-state index in [2.05, 4.69) is 29.7 Å². The molecule has 0 saturated heterocycles. The Kier molecular flexibility index (Phi) is 5.22. The van der Waals surface area contributed by atoms with Crippen LogP contribution in [0.3, 0.4) is 0 Å². The zero-order valence-corrected chi connectivity index (χ0v) is 14.6. The number of rotatable bonds is 7. The summed E-state index contributed by atoms with van der Waals surface area (Å²) in [5.74, 6) is -0.106. The van der Waals surface area contributed by atoms with Crippen molar-refractivity contribution in [1.29, 1.82) is 0 Å². The van der Waals surface area contributed by atoms with E-state index in [9.17, 15) is 4.79 Å². The van der Waals surface area contributed by atoms with Gasteiger partial charge in [0.05, 0.1) is 0 Å². The Bertz CT molecular complexity index is 671. The van der Waals surface area contributed by atoms with Crippen molar-refractivity contribution in [1.82, 2.24) is 10.6 Å². The molecule has 2 aromatic rings. The normalized spacial score (nSPS) is 17.8. The van der Waals surface area contributed by atoms with Gasteiger partial charge in [-0.15, -0.1) is 11.6 Å². The van der Waals surface area contributed by atoms with Crippen molar-refractivity contribution in [2.45, 2.75) is 43.3 Å². The molecule has 1 saturated carbocycles. The van der Waals surface area contributed by atoms with E-state index in [1.807, 2.05) is 48.5 Å². The number of carbonyl (C=O) groups is 1. The van der Waals surface area contributed by atoms with Gasteiger partial charge < -0.3 is 10.6 Å². The van der Waals surface area contributed by atoms with Crippen LogP contribution in [0.25, 0.3) is 0 Å². The monoisotopic (exact) mass is 342 g/mol. The first kappa shape index (κ1) is 17.0. The molecule has 1 aliphatic rings. The maximum Gasteiger partial charge on any atom is 0.240 e. The highest BCUT2D eigenvalue weighted by atomic mass is 35.5. The van der Waals surface area contributed by atoms with E-state index in [4.69, 9.17) is 11.6 Å². The maximum atomic E-state index is 12.4. The van der Waals surface area contributed by atoms with Gasteiger partial charge in [0.25, 0.3) is 0 Å². The molecule has 4 heteroatoms. The SMILES string of the molecule is C[C@H](NC1(C(Cl)C(=O)NCc2ccccc2)CC1)c1ccccc1. The molecule has 24 heavy (non-hydrogen) atoms. The minimum Gasteiger partial charge on any atom is -0.351 e. The smallest absolute Gasteiger partial charge is 0.240 e. The van der Waals surface area contributed by atoms with Crippen molar-refractivity contribution < 1.29 is 4.79 Å². The average molecular weight is 343 g/mol. The van der Waals surface area contributed by atoms with Crippen LogP contribution in [-0.4, -0.2) is 16.8 Å². The molecule has 1 unspecified atom stereocenters. The summed E-state index contributed by atoms with van der Waals surface area (Å²) in [5, 5.41) is 5.95. The molecule has 126 valence electrons. The molecule has 3 nitrogen and oxygen atoms in total. The van der Waals surface area contributed by atoms with E-state index in [1.165, 1.54) is 5.56 Å². The van der Waals surface area contributed by atoms with E-state index in [-0.39, 0.29) is 17.5 Å². The molecule has 0 spiro atoms. The van der Waals surface area contributed by atoms with Gasteiger partial charge >= 0.3 is 0 Å². The fraction of sp³-hybridized carbons (Fsp3) is 0.350. The molecule has 0 aromatic heterocycles. The predicted molar refractivity (Wildman–Crippen MR) is 97.9 cm³/mol. The van der Waals surface area contributed by atoms with Crippen LogP contribution >= 0.6 is 11.6 Å². The molecule has 0 heterocycles. The van der Waals surface area contributed by atoms with Crippen LogP contribution in [0, 0.1) is 0 Å². The fourth-order valence-electron chi connectivity index (χ4n) is 2.99. The summed E-state index contributed by atoms with van der Waals surface area (Å²) in [6.45, 7) is 2.62. The third-order valence-electron chi connectivity index (χ3n) is 4.62. The standard InChI is InChI=1S/C20H23ClN2O/c1-15(17-10-6-3-7-11-17)23-20(12-13-20)18(21)19(24)22-14-16-8-4-2-5-9-16/h2-11,15,18,23H,12-14H2,1H3,(H,22,24)/t15-,18?/m0/s1. The second-order valence-corrected chi connectivity index (χ2v) is 6.94. The molecule has 0 bridgehead atoms. The first-order valence-electron chi connectivity index (χ1n) is 8.39. The maximum absolute atomic E-state index is 12.4. The molecular weight excluding hydrogens is 320 g/mol. The number of halogens is 1. The van der Waals surface area contributed by atoms with Gasteiger partial charge in [0, 0.05) is 18.1 Å². The predicted octanol–water partition coefficient (Wildman–Crippen LogP) is 3.79. The van der Waals surface area contributed by atoms with Crippen molar-refractivity contribution in [3.63, 3.8) is 0 Å². The number of carbonyl (C=O) groups excluding carboxylic acids is 1. The molecular formula is C20H23ClN2O. The zero-order chi connectivity index (χ0) is 17.0. The molecule has 1 aliphatic carbocycles. The number of alkyl halides is 1. The molecule has 2 aromatic carbocycles. The van der Waals surface area contributed by atoms with Crippen LogP contribution in [0.2, 0.25) is 0 Å². The Morgan fingerprint density at radius 2 is 1.67 bits per heavy atom. The largest absolute Gasteiger partial charge is 0.351 e. The highest BCUT2D eigenvalue weighted by Gasteiger charge is 2.52. The molecule has 3 rings (SSSR count). The third kappa shape index (κ3) is 3.97. The lowest BCUT2D eigenvalue weighted by molar-refractivity contribution is -0.121. The second-order valence-electron chi connectivity index (χ2n) is 6.50. The summed E-state index contributed by atoms with van der Waals surface area (Å²) in [5.41, 5.74) is 1.99. The Labute approximate surface area is 148 Å². The highest BCUT2D eigenvalue weighted by Crippen LogP contribution is 2.43. The van der Waals surface area contributed by atoms with Gasteiger partial charge in [0.2, 0.25) is 5.91 Å². The van der Waals surface area contributed by atoms with Crippen molar-refractivity contribution >= 4 is 17.5 Å². The van der Waals surface area contributed by atoms with E-state index < -0.39 is 5.38 Å². The van der Waals surface area contributed by atoms with Gasteiger partial charge in [-0.2, -0.15) is 0 Å². The summed E-state index contributed by atoms with van der Waals surface area (Å²) >= 11 is 6.51. The van der Waals surface area contributed by atoms with Crippen molar-refractivity contribution in [2.24, 2.45) is 0 Å². The van der Waals surface area contributed by atoms with Gasteiger partial charge in [-0.1, -0.05) is 60.7 Å². The first-order chi connectivity index (χ1) is 11.6. The first-order valence-corrected chi connectivity index (χ1v) is 8.83. The number of nitrogens with one attached hydrogen (secondary N) is 2. The number of amides is 1. The molecule has 2 atom stereocenters. The summed E-state index contributed by atoms with van der Waals surface area (Å²) in [6.07, 6.45) is 1.86. The summed E-state index contributed by atoms with van der Waals surface area (Å²) in [7, 11) is 0. The Hall–Kier alpha value is -1.84. The van der Waals surface area contributed by atoms with Crippen LogP contribution in [0.15, 0.2) is 60.7 Å². The van der Waals surface area contributed by atoms with Gasteiger partial charge in [-0.25, -0.2) is 0 Å². The van der Waals surface area contributed by atoms with Gasteiger partial charge in [0.15, 0.2) is 0 Å². The topological polar surface area (TPSA) is 41.1 Å². The lowest BCUT2D eigenvalue weighted by atomic mass is 10.0. The average Bonchev–Trinajstić information content (AvgIpc) is 3.41. The van der Waals surface area contributed by atoms with Crippen LogP contribution in [0.5, 0.6) is 0 Å². The minimum absolute atomic E-state index is 0.106. The Balaban J connectivity index is 1.57. The van der Waals surface area contributed by atoms with E-state index in [0.717, 1.165) is 18.4 Å². The van der Waals surface area contributed by atoms with Crippen LogP contribution < -0.4 is 10.6 Å². The van der Waals surface area contributed by atoms with E-state index >= 15 is 0 Å². The second kappa shape index (κ2) is 7.37. The summed E-state index contributed by atoms with van der Waals surface area (Å²) in [4.78, 5) is 12.4. The molecule has 1 fully saturated rings. The summed E-state index contributed by atoms with van der Waals surface area (Å²) in [6, 6.07) is 20.3. The van der Waals surface area contributed by atoms with E-state index in [0.29, 0.717) is 6.54 Å².